The molecule has 4 rings (SSSR count). The minimum atomic E-state index is -3.37. The molecule has 2 fully saturated rings. The summed E-state index contributed by atoms with van der Waals surface area (Å²) in [6.07, 6.45) is 5.26. The van der Waals surface area contributed by atoms with Crippen LogP contribution in [0.25, 0.3) is 11.1 Å². The van der Waals surface area contributed by atoms with E-state index in [2.05, 4.69) is 29.4 Å². The van der Waals surface area contributed by atoms with E-state index >= 15 is 0 Å². The molecule has 3 heterocycles. The normalized spacial score (nSPS) is 20.6. The Hall–Kier alpha value is -2.00. The maximum atomic E-state index is 13.2. The highest BCUT2D eigenvalue weighted by atomic mass is 35.5. The third-order valence-corrected chi connectivity index (χ3v) is 10.1. The Morgan fingerprint density at radius 1 is 1.19 bits per heavy atom. The predicted octanol–water partition coefficient (Wildman–Crippen LogP) is 5.19. The number of sulfonamides is 1. The molecule has 0 unspecified atom stereocenters. The molecule has 2 aliphatic heterocycles. The number of hydrogen-bond donors (Lipinski definition) is 1. The smallest absolute Gasteiger partial charge is 0.216 e. The molecule has 0 aliphatic carbocycles. The molecule has 2 aromatic rings. The van der Waals surface area contributed by atoms with Gasteiger partial charge in [0.1, 0.15) is 5.78 Å². The van der Waals surface area contributed by atoms with E-state index in [0.717, 1.165) is 42.9 Å². The minimum absolute atomic E-state index is 0.0186. The number of benzene rings is 1. The molecule has 37 heavy (non-hydrogen) atoms. The molecule has 1 aromatic carbocycles. The van der Waals surface area contributed by atoms with Crippen molar-refractivity contribution in [3.05, 3.63) is 47.2 Å². The number of Topliss-reactive ketones (excluding diaryl/α,β-unsaturated/α-hetero) is 1. The van der Waals surface area contributed by atoms with Crippen LogP contribution in [0.3, 0.4) is 0 Å². The molecular weight excluding hydrogens is 510 g/mol. The van der Waals surface area contributed by atoms with Gasteiger partial charge < -0.3 is 10.1 Å². The van der Waals surface area contributed by atoms with Crippen LogP contribution in [0.5, 0.6) is 0 Å². The second-order valence-electron chi connectivity index (χ2n) is 10.6. The van der Waals surface area contributed by atoms with E-state index in [9.17, 15) is 13.2 Å². The van der Waals surface area contributed by atoms with Gasteiger partial charge in [-0.2, -0.15) is 0 Å². The van der Waals surface area contributed by atoms with Crippen molar-refractivity contribution in [3.63, 3.8) is 0 Å². The number of nitrogens with zero attached hydrogens (tertiary/aromatic N) is 2. The summed E-state index contributed by atoms with van der Waals surface area (Å²) in [6.45, 7) is 7.93. The molecule has 0 spiro atoms. The van der Waals surface area contributed by atoms with Crippen molar-refractivity contribution in [2.45, 2.75) is 64.2 Å². The fourth-order valence-electron chi connectivity index (χ4n) is 5.23. The lowest BCUT2D eigenvalue weighted by molar-refractivity contribution is -0.123. The largest absolute Gasteiger partial charge is 0.382 e. The number of aromatic nitrogens is 1. The van der Waals surface area contributed by atoms with Gasteiger partial charge in [-0.15, -0.1) is 0 Å². The van der Waals surface area contributed by atoms with Crippen molar-refractivity contribution in [2.24, 2.45) is 11.8 Å². The van der Waals surface area contributed by atoms with Crippen LogP contribution in [0.1, 0.15) is 52.1 Å². The zero-order chi connectivity index (χ0) is 26.6. The van der Waals surface area contributed by atoms with Crippen LogP contribution in [0.2, 0.25) is 5.02 Å². The predicted molar refractivity (Wildman–Crippen MR) is 148 cm³/mol. The zero-order valence-corrected chi connectivity index (χ0v) is 23.5. The van der Waals surface area contributed by atoms with Crippen LogP contribution in [0, 0.1) is 11.8 Å². The Morgan fingerprint density at radius 3 is 2.68 bits per heavy atom. The standard InChI is InChI=1S/C28H38ClN3O4S/c1-19(2)37(34,35)32-11-5-7-23(18-32)28(33)16-25-15-26(27(29)17-30-25)22-6-4-8-24(14-22)31-20(3)21-9-12-36-13-10-21/h4,6,8,14-15,17,19-21,23,31H,5,7,9-13,16,18H2,1-3H3/t20-,23-/m1/s1. The highest BCUT2D eigenvalue weighted by molar-refractivity contribution is 7.89. The van der Waals surface area contributed by atoms with Crippen LogP contribution >= 0.6 is 11.6 Å². The summed E-state index contributed by atoms with van der Waals surface area (Å²) in [5.74, 6) is 0.276. The molecule has 7 nitrogen and oxygen atoms in total. The summed E-state index contributed by atoms with van der Waals surface area (Å²) in [6, 6.07) is 10.4. The third kappa shape index (κ3) is 6.91. The number of ketones is 1. The fourth-order valence-corrected chi connectivity index (χ4v) is 6.81. The highest BCUT2D eigenvalue weighted by Gasteiger charge is 2.33. The Balaban J connectivity index is 1.46. The Morgan fingerprint density at radius 2 is 1.95 bits per heavy atom. The van der Waals surface area contributed by atoms with Gasteiger partial charge in [-0.3, -0.25) is 9.78 Å². The van der Waals surface area contributed by atoms with Gasteiger partial charge in [-0.05, 0) is 76.1 Å². The highest BCUT2D eigenvalue weighted by Crippen LogP contribution is 2.31. The van der Waals surface area contributed by atoms with E-state index < -0.39 is 15.3 Å². The van der Waals surface area contributed by atoms with Crippen LogP contribution in [-0.4, -0.2) is 61.1 Å². The number of carbonyl (C=O) groups excluding carboxylic acids is 1. The van der Waals surface area contributed by atoms with Crippen molar-refractivity contribution in [2.75, 3.05) is 31.6 Å². The van der Waals surface area contributed by atoms with Crippen LogP contribution in [0.4, 0.5) is 5.69 Å². The average molecular weight is 548 g/mol. The lowest BCUT2D eigenvalue weighted by Crippen LogP contribution is -2.45. The van der Waals surface area contributed by atoms with E-state index in [0.29, 0.717) is 42.1 Å². The molecule has 1 aromatic heterocycles. The number of rotatable bonds is 9. The Bertz CT molecular complexity index is 1200. The van der Waals surface area contributed by atoms with E-state index in [4.69, 9.17) is 16.3 Å². The number of halogens is 1. The van der Waals surface area contributed by atoms with Crippen molar-refractivity contribution in [1.29, 1.82) is 0 Å². The molecule has 0 amide bonds. The summed E-state index contributed by atoms with van der Waals surface area (Å²) in [5.41, 5.74) is 3.45. The number of carbonyl (C=O) groups is 1. The van der Waals surface area contributed by atoms with E-state index in [-0.39, 0.29) is 24.7 Å². The summed E-state index contributed by atoms with van der Waals surface area (Å²) < 4.78 is 32.2. The minimum Gasteiger partial charge on any atom is -0.382 e. The van der Waals surface area contributed by atoms with Gasteiger partial charge in [-0.25, -0.2) is 12.7 Å². The van der Waals surface area contributed by atoms with Crippen LogP contribution < -0.4 is 5.32 Å². The van der Waals surface area contributed by atoms with Gasteiger partial charge in [0, 0.05) is 67.8 Å². The molecule has 1 N–H and O–H groups in total. The molecular formula is C28H38ClN3O4S. The summed E-state index contributed by atoms with van der Waals surface area (Å²) in [7, 11) is -3.37. The van der Waals surface area contributed by atoms with Crippen molar-refractivity contribution >= 4 is 33.1 Å². The van der Waals surface area contributed by atoms with E-state index in [1.54, 1.807) is 20.0 Å². The van der Waals surface area contributed by atoms with E-state index in [1.807, 2.05) is 18.2 Å². The molecule has 0 saturated carbocycles. The maximum absolute atomic E-state index is 13.2. The third-order valence-electron chi connectivity index (χ3n) is 7.60. The van der Waals surface area contributed by atoms with Crippen LogP contribution in [0.15, 0.2) is 36.5 Å². The number of piperidine rings is 1. The monoisotopic (exact) mass is 547 g/mol. The zero-order valence-electron chi connectivity index (χ0n) is 22.0. The van der Waals surface area contributed by atoms with Gasteiger partial charge in [-0.1, -0.05) is 23.7 Å². The van der Waals surface area contributed by atoms with Gasteiger partial charge in [0.25, 0.3) is 0 Å². The quantitative estimate of drug-likeness (QED) is 0.465. The number of pyridine rings is 1. The molecule has 0 bridgehead atoms. The van der Waals surface area contributed by atoms with Gasteiger partial charge in [0.05, 0.1) is 10.3 Å². The second kappa shape index (κ2) is 12.2. The molecule has 2 saturated heterocycles. The first-order chi connectivity index (χ1) is 17.6. The van der Waals surface area contributed by atoms with Gasteiger partial charge in [0.2, 0.25) is 10.0 Å². The number of hydrogen-bond acceptors (Lipinski definition) is 6. The number of nitrogens with one attached hydrogen (secondary N) is 1. The maximum Gasteiger partial charge on any atom is 0.216 e. The van der Waals surface area contributed by atoms with Crippen molar-refractivity contribution < 1.29 is 17.9 Å². The lowest BCUT2D eigenvalue weighted by Gasteiger charge is -2.32. The number of ether oxygens (including phenoxy) is 1. The Labute approximate surface area is 226 Å². The molecule has 2 atom stereocenters. The SMILES string of the molecule is CC(C)S(=O)(=O)N1CCC[C@@H](C(=O)Cc2cc(-c3cccc(N[C@H](C)C4CCOCC4)c3)c(Cl)cn2)C1. The van der Waals surface area contributed by atoms with Crippen molar-refractivity contribution in [3.8, 4) is 11.1 Å². The molecule has 2 aliphatic rings. The van der Waals surface area contributed by atoms with Crippen LogP contribution in [-0.2, 0) is 26.0 Å². The average Bonchev–Trinajstić information content (AvgIpc) is 2.90. The van der Waals surface area contributed by atoms with Gasteiger partial charge in [0.15, 0.2) is 0 Å². The molecule has 0 radical (unpaired) electrons. The summed E-state index contributed by atoms with van der Waals surface area (Å²) in [4.78, 5) is 17.6. The lowest BCUT2D eigenvalue weighted by atomic mass is 9.92. The summed E-state index contributed by atoms with van der Waals surface area (Å²) in [5, 5.41) is 3.66. The van der Waals surface area contributed by atoms with Crippen molar-refractivity contribution in [1.82, 2.24) is 9.29 Å². The first-order valence-electron chi connectivity index (χ1n) is 13.3. The summed E-state index contributed by atoms with van der Waals surface area (Å²) >= 11 is 6.54. The molecule has 202 valence electrons. The van der Waals surface area contributed by atoms with E-state index in [1.165, 1.54) is 4.31 Å². The second-order valence-corrected chi connectivity index (χ2v) is 13.4. The topological polar surface area (TPSA) is 88.6 Å². The van der Waals surface area contributed by atoms with Gasteiger partial charge >= 0.3 is 0 Å². The fraction of sp³-hybridized carbons (Fsp3) is 0.571. The first-order valence-corrected chi connectivity index (χ1v) is 15.1. The first kappa shape index (κ1) is 28.0. The molecule has 9 heteroatoms. The number of anilines is 1. The Kier molecular flexibility index (Phi) is 9.27.